The van der Waals surface area contributed by atoms with E-state index in [4.69, 9.17) is 27.9 Å². The molecule has 176 valence electrons. The predicted octanol–water partition coefficient (Wildman–Crippen LogP) is 6.44. The van der Waals surface area contributed by atoms with Crippen LogP contribution in [0.25, 0.3) is 10.1 Å². The van der Waals surface area contributed by atoms with Crippen LogP contribution in [0.2, 0.25) is 10.0 Å². The average molecular weight is 535 g/mol. The number of hydrogen-bond donors (Lipinski definition) is 1. The first-order chi connectivity index (χ1) is 16.1. The summed E-state index contributed by atoms with van der Waals surface area (Å²) in [7, 11) is -2.03. The van der Waals surface area contributed by atoms with Crippen molar-refractivity contribution in [3.05, 3.63) is 87.2 Å². The number of fused-ring (bicyclic) bond motifs is 1. The number of carbonyl (C=O) groups excluding carboxylic acids is 1. The number of nitrogens with zero attached hydrogens (tertiary/aromatic N) is 1. The summed E-state index contributed by atoms with van der Waals surface area (Å²) in [5.41, 5.74) is 1.86. The van der Waals surface area contributed by atoms with E-state index in [1.54, 1.807) is 60.7 Å². The van der Waals surface area contributed by atoms with Gasteiger partial charge in [-0.2, -0.15) is 0 Å². The Morgan fingerprint density at radius 1 is 1.03 bits per heavy atom. The maximum absolute atomic E-state index is 12.8. The van der Waals surface area contributed by atoms with Crippen molar-refractivity contribution in [2.45, 2.75) is 6.54 Å². The number of amides is 1. The first kappa shape index (κ1) is 24.3. The highest BCUT2D eigenvalue weighted by Crippen LogP contribution is 2.32. The molecule has 1 heterocycles. The predicted molar refractivity (Wildman–Crippen MR) is 140 cm³/mol. The number of nitrogens with one attached hydrogen (secondary N) is 1. The number of carbonyl (C=O) groups is 1. The molecule has 1 N–H and O–H groups in total. The molecule has 0 aliphatic rings. The van der Waals surface area contributed by atoms with Crippen LogP contribution in [0, 0.1) is 0 Å². The molecule has 0 saturated carbocycles. The Bertz CT molecular complexity index is 1470. The minimum absolute atomic E-state index is 0.164. The lowest BCUT2D eigenvalue weighted by Crippen LogP contribution is -2.29. The van der Waals surface area contributed by atoms with Gasteiger partial charge < -0.3 is 10.1 Å². The Morgan fingerprint density at radius 2 is 1.76 bits per heavy atom. The number of methoxy groups -OCH3 is 1. The van der Waals surface area contributed by atoms with Gasteiger partial charge in [-0.25, -0.2) is 8.42 Å². The van der Waals surface area contributed by atoms with Crippen molar-refractivity contribution in [1.82, 2.24) is 0 Å². The fraction of sp³-hybridized carbons (Fsp3) is 0.125. The van der Waals surface area contributed by atoms with Gasteiger partial charge >= 0.3 is 0 Å². The molecule has 0 unspecified atom stereocenters. The number of benzene rings is 3. The largest absolute Gasteiger partial charge is 0.495 e. The van der Waals surface area contributed by atoms with Gasteiger partial charge in [0.05, 0.1) is 35.5 Å². The lowest BCUT2D eigenvalue weighted by molar-refractivity contribution is 0.103. The molecule has 0 bridgehead atoms. The van der Waals surface area contributed by atoms with Gasteiger partial charge in [0.2, 0.25) is 10.0 Å². The highest BCUT2D eigenvalue weighted by molar-refractivity contribution is 7.92. The van der Waals surface area contributed by atoms with Crippen LogP contribution in [0.15, 0.2) is 66.7 Å². The highest BCUT2D eigenvalue weighted by atomic mass is 35.5. The maximum Gasteiger partial charge on any atom is 0.265 e. The van der Waals surface area contributed by atoms with Gasteiger partial charge in [-0.05, 0) is 65.5 Å². The van der Waals surface area contributed by atoms with Gasteiger partial charge in [0.15, 0.2) is 0 Å². The van der Waals surface area contributed by atoms with E-state index in [1.165, 1.54) is 29.0 Å². The van der Waals surface area contributed by atoms with Gasteiger partial charge in [0, 0.05) is 15.4 Å². The van der Waals surface area contributed by atoms with Crippen molar-refractivity contribution in [2.24, 2.45) is 0 Å². The van der Waals surface area contributed by atoms with Crippen LogP contribution >= 0.6 is 34.5 Å². The van der Waals surface area contributed by atoms with Crippen LogP contribution in [0.1, 0.15) is 15.2 Å². The van der Waals surface area contributed by atoms with Crippen LogP contribution in [0.5, 0.6) is 5.75 Å². The van der Waals surface area contributed by atoms with Gasteiger partial charge in [-0.1, -0.05) is 35.3 Å². The summed E-state index contributed by atoms with van der Waals surface area (Å²) in [5.74, 6) is 0.230. The molecule has 0 fully saturated rings. The van der Waals surface area contributed by atoms with E-state index in [0.29, 0.717) is 32.0 Å². The second-order valence-corrected chi connectivity index (χ2v) is 11.4. The standard InChI is InChI=1S/C24H20Cl2N2O4S2/c1-32-21-9-7-18(13-20(21)26)27-24(29)23-12-16-11-19(8-10-22(16)33-23)28(34(2,30)31)14-15-3-5-17(25)6-4-15/h3-13H,14H2,1-2H3,(H,27,29). The topological polar surface area (TPSA) is 75.7 Å². The van der Waals surface area contributed by atoms with E-state index in [0.717, 1.165) is 15.6 Å². The molecule has 1 aromatic heterocycles. The molecule has 0 atom stereocenters. The number of ether oxygens (including phenoxy) is 1. The Morgan fingerprint density at radius 3 is 2.41 bits per heavy atom. The molecule has 34 heavy (non-hydrogen) atoms. The van der Waals surface area contributed by atoms with Crippen LogP contribution in [-0.4, -0.2) is 27.7 Å². The Kier molecular flexibility index (Phi) is 7.04. The first-order valence-electron chi connectivity index (χ1n) is 10.0. The van der Waals surface area contributed by atoms with Crippen molar-refractivity contribution in [3.8, 4) is 5.75 Å². The number of sulfonamides is 1. The molecule has 0 spiro atoms. The molecule has 0 radical (unpaired) electrons. The summed E-state index contributed by atoms with van der Waals surface area (Å²) in [6.07, 6.45) is 1.17. The van der Waals surface area contributed by atoms with Gasteiger partial charge in [0.25, 0.3) is 5.91 Å². The summed E-state index contributed by atoms with van der Waals surface area (Å²) in [6, 6.07) is 19.1. The SMILES string of the molecule is COc1ccc(NC(=O)c2cc3cc(N(Cc4ccc(Cl)cc4)S(C)(=O)=O)ccc3s2)cc1Cl. The van der Waals surface area contributed by atoms with Crippen LogP contribution in [0.4, 0.5) is 11.4 Å². The zero-order chi connectivity index (χ0) is 24.5. The van der Waals surface area contributed by atoms with Crippen molar-refractivity contribution in [1.29, 1.82) is 0 Å². The first-order valence-corrected chi connectivity index (χ1v) is 13.5. The molecular formula is C24H20Cl2N2O4S2. The monoisotopic (exact) mass is 534 g/mol. The highest BCUT2D eigenvalue weighted by Gasteiger charge is 2.19. The second kappa shape index (κ2) is 9.84. The third-order valence-corrected chi connectivity index (χ3v) is 7.86. The van der Waals surface area contributed by atoms with E-state index >= 15 is 0 Å². The third-order valence-electron chi connectivity index (χ3n) is 5.06. The molecule has 6 nitrogen and oxygen atoms in total. The van der Waals surface area contributed by atoms with E-state index < -0.39 is 10.0 Å². The Labute approximate surface area is 211 Å². The molecule has 4 aromatic rings. The van der Waals surface area contributed by atoms with Crippen molar-refractivity contribution >= 4 is 71.9 Å². The summed E-state index contributed by atoms with van der Waals surface area (Å²) >= 11 is 13.4. The van der Waals surface area contributed by atoms with Crippen LogP contribution < -0.4 is 14.4 Å². The van der Waals surface area contributed by atoms with Crippen LogP contribution in [-0.2, 0) is 16.6 Å². The second-order valence-electron chi connectivity index (χ2n) is 7.53. The van der Waals surface area contributed by atoms with E-state index in [-0.39, 0.29) is 12.5 Å². The maximum atomic E-state index is 12.8. The minimum atomic E-state index is -3.55. The van der Waals surface area contributed by atoms with Gasteiger partial charge in [0.1, 0.15) is 5.75 Å². The number of thiophene rings is 1. The van der Waals surface area contributed by atoms with Crippen molar-refractivity contribution in [2.75, 3.05) is 23.0 Å². The van der Waals surface area contributed by atoms with Crippen molar-refractivity contribution in [3.63, 3.8) is 0 Å². The fourth-order valence-electron chi connectivity index (χ4n) is 3.39. The zero-order valence-corrected chi connectivity index (χ0v) is 21.4. The molecule has 3 aromatic carbocycles. The van der Waals surface area contributed by atoms with E-state index in [9.17, 15) is 13.2 Å². The number of hydrogen-bond acceptors (Lipinski definition) is 5. The summed E-state index contributed by atoms with van der Waals surface area (Å²) in [6.45, 7) is 0.164. The average Bonchev–Trinajstić information content (AvgIpc) is 3.21. The Balaban J connectivity index is 1.60. The molecular weight excluding hydrogens is 515 g/mol. The molecule has 0 aliphatic heterocycles. The summed E-state index contributed by atoms with van der Waals surface area (Å²) in [5, 5.41) is 4.57. The quantitative estimate of drug-likeness (QED) is 0.296. The lowest BCUT2D eigenvalue weighted by atomic mass is 10.2. The molecule has 10 heteroatoms. The molecule has 0 saturated heterocycles. The lowest BCUT2D eigenvalue weighted by Gasteiger charge is -2.22. The normalized spacial score (nSPS) is 11.4. The fourth-order valence-corrected chi connectivity index (χ4v) is 5.59. The number of anilines is 2. The number of rotatable bonds is 7. The summed E-state index contributed by atoms with van der Waals surface area (Å²) < 4.78 is 32.4. The zero-order valence-electron chi connectivity index (χ0n) is 18.2. The molecule has 4 rings (SSSR count). The van der Waals surface area contributed by atoms with E-state index in [1.807, 2.05) is 6.07 Å². The van der Waals surface area contributed by atoms with Gasteiger partial charge in [-0.3, -0.25) is 9.10 Å². The van der Waals surface area contributed by atoms with Gasteiger partial charge in [-0.15, -0.1) is 11.3 Å². The minimum Gasteiger partial charge on any atom is -0.495 e. The van der Waals surface area contributed by atoms with E-state index in [2.05, 4.69) is 5.32 Å². The summed E-state index contributed by atoms with van der Waals surface area (Å²) in [4.78, 5) is 13.3. The molecule has 0 aliphatic carbocycles. The number of halogens is 2. The molecule has 1 amide bonds. The van der Waals surface area contributed by atoms with Crippen molar-refractivity contribution < 1.29 is 17.9 Å². The smallest absolute Gasteiger partial charge is 0.265 e. The third kappa shape index (κ3) is 5.47. The van der Waals surface area contributed by atoms with Crippen LogP contribution in [0.3, 0.4) is 0 Å². The Hall–Kier alpha value is -2.78.